The highest BCUT2D eigenvalue weighted by atomic mass is 35.5. The van der Waals surface area contributed by atoms with Gasteiger partial charge in [0.1, 0.15) is 11.5 Å². The predicted octanol–water partition coefficient (Wildman–Crippen LogP) is 7.84. The summed E-state index contributed by atoms with van der Waals surface area (Å²) in [7, 11) is 0. The Morgan fingerprint density at radius 3 is 2.15 bits per heavy atom. The maximum Gasteiger partial charge on any atom is 0.422 e. The summed E-state index contributed by atoms with van der Waals surface area (Å²) in [6.45, 7) is 0.218. The zero-order chi connectivity index (χ0) is 24.4. The van der Waals surface area contributed by atoms with Crippen LogP contribution in [0, 0.1) is 5.41 Å². The van der Waals surface area contributed by atoms with E-state index in [0.29, 0.717) is 19.3 Å². The van der Waals surface area contributed by atoms with Crippen LogP contribution >= 0.6 is 11.6 Å². The van der Waals surface area contributed by atoms with Gasteiger partial charge >= 0.3 is 18.3 Å². The van der Waals surface area contributed by atoms with Gasteiger partial charge in [-0.3, -0.25) is 4.79 Å². The first-order chi connectivity index (χ1) is 15.3. The first kappa shape index (κ1) is 25.2. The summed E-state index contributed by atoms with van der Waals surface area (Å²) in [5.74, 6) is -1.01. The lowest BCUT2D eigenvalue weighted by Crippen LogP contribution is -2.31. The fourth-order valence-electron chi connectivity index (χ4n) is 3.91. The molecule has 1 fully saturated rings. The molecule has 0 aliphatic heterocycles. The van der Waals surface area contributed by atoms with Crippen molar-refractivity contribution in [1.29, 1.82) is 0 Å². The van der Waals surface area contributed by atoms with Crippen LogP contribution in [0.15, 0.2) is 36.4 Å². The van der Waals surface area contributed by atoms with Crippen LogP contribution in [0.3, 0.4) is 0 Å². The van der Waals surface area contributed by atoms with E-state index in [1.54, 1.807) is 0 Å². The Labute approximate surface area is 191 Å². The molecule has 0 N–H and O–H groups in total. The van der Waals surface area contributed by atoms with Crippen molar-refractivity contribution in [3.63, 3.8) is 0 Å². The number of benzene rings is 2. The van der Waals surface area contributed by atoms with Gasteiger partial charge in [0.15, 0.2) is 6.61 Å². The Morgan fingerprint density at radius 2 is 1.64 bits per heavy atom. The summed E-state index contributed by atoms with van der Waals surface area (Å²) in [6.07, 6.45) is -5.67. The topological polar surface area (TPSA) is 35.5 Å². The van der Waals surface area contributed by atoms with E-state index in [1.165, 1.54) is 6.07 Å². The van der Waals surface area contributed by atoms with E-state index in [0.717, 1.165) is 43.2 Å². The molecule has 3 rings (SSSR count). The summed E-state index contributed by atoms with van der Waals surface area (Å²) >= 11 is 6.24. The molecule has 33 heavy (non-hydrogen) atoms. The van der Waals surface area contributed by atoms with Crippen molar-refractivity contribution in [1.82, 2.24) is 0 Å². The highest BCUT2D eigenvalue weighted by Crippen LogP contribution is 2.44. The molecule has 10 heteroatoms. The molecule has 1 aliphatic carbocycles. The van der Waals surface area contributed by atoms with E-state index < -0.39 is 41.7 Å². The molecule has 2 aromatic rings. The minimum absolute atomic E-state index is 0.0739. The van der Waals surface area contributed by atoms with Crippen LogP contribution in [0.25, 0.3) is 11.1 Å². The van der Waals surface area contributed by atoms with Gasteiger partial charge in [0.25, 0.3) is 0 Å². The molecular formula is C23H21ClF6O3. The SMILES string of the molecule is CCC1(C(=O)Oc2cc(OCC(F)(F)F)c(Cl)c(-c3ccc(C(F)(F)F)cc3)c2)CCCC1. The van der Waals surface area contributed by atoms with Crippen LogP contribution in [-0.2, 0) is 11.0 Å². The van der Waals surface area contributed by atoms with Gasteiger partial charge in [0.2, 0.25) is 0 Å². The average Bonchev–Trinajstić information content (AvgIpc) is 3.23. The largest absolute Gasteiger partial charge is 0.482 e. The standard InChI is InChI=1S/C23H21ClF6O3/c1-2-21(9-3-4-10-21)20(31)33-16-11-17(14-5-7-15(8-6-14)23(28,29)30)19(24)18(12-16)32-13-22(25,26)27/h5-8,11-12H,2-4,9-10,13H2,1H3. The molecule has 1 aliphatic rings. The van der Waals surface area contributed by atoms with Crippen LogP contribution in [0.2, 0.25) is 5.02 Å². The molecule has 1 saturated carbocycles. The quantitative estimate of drug-likeness (QED) is 0.233. The first-order valence-corrected chi connectivity index (χ1v) is 10.7. The number of esters is 1. The van der Waals surface area contributed by atoms with Gasteiger partial charge in [-0.05, 0) is 43.0 Å². The van der Waals surface area contributed by atoms with Crippen molar-refractivity contribution in [2.75, 3.05) is 6.61 Å². The van der Waals surface area contributed by atoms with E-state index in [2.05, 4.69) is 0 Å². The number of halogens is 7. The number of hydrogen-bond donors (Lipinski definition) is 0. The van der Waals surface area contributed by atoms with Crippen LogP contribution in [0.1, 0.15) is 44.6 Å². The molecule has 0 radical (unpaired) electrons. The number of hydrogen-bond acceptors (Lipinski definition) is 3. The number of carbonyl (C=O) groups is 1. The second-order valence-corrected chi connectivity index (χ2v) is 8.37. The second kappa shape index (κ2) is 9.44. The number of alkyl halides is 6. The van der Waals surface area contributed by atoms with Crippen LogP contribution in [0.4, 0.5) is 26.3 Å². The Hall–Kier alpha value is -2.42. The van der Waals surface area contributed by atoms with E-state index in [-0.39, 0.29) is 21.9 Å². The zero-order valence-corrected chi connectivity index (χ0v) is 18.3. The molecule has 0 aromatic heterocycles. The van der Waals surface area contributed by atoms with E-state index >= 15 is 0 Å². The summed E-state index contributed by atoms with van der Waals surface area (Å²) in [5.41, 5.74) is -1.32. The Morgan fingerprint density at radius 1 is 1.03 bits per heavy atom. The van der Waals surface area contributed by atoms with Crippen molar-refractivity contribution in [3.05, 3.63) is 47.0 Å². The molecule has 0 heterocycles. The monoisotopic (exact) mass is 494 g/mol. The number of ether oxygens (including phenoxy) is 2. The average molecular weight is 495 g/mol. The van der Waals surface area contributed by atoms with Gasteiger partial charge in [-0.25, -0.2) is 0 Å². The molecule has 3 nitrogen and oxygen atoms in total. The summed E-state index contributed by atoms with van der Waals surface area (Å²) in [5, 5.41) is -0.245. The minimum atomic E-state index is -4.65. The van der Waals surface area contributed by atoms with Crippen molar-refractivity contribution in [2.24, 2.45) is 5.41 Å². The maximum absolute atomic E-state index is 12.9. The second-order valence-electron chi connectivity index (χ2n) is 7.99. The Balaban J connectivity index is 2.00. The molecule has 0 atom stereocenters. The fraction of sp³-hybridized carbons (Fsp3) is 0.435. The van der Waals surface area contributed by atoms with Gasteiger partial charge in [0, 0.05) is 11.6 Å². The van der Waals surface area contributed by atoms with E-state index in [9.17, 15) is 31.1 Å². The van der Waals surface area contributed by atoms with Crippen LogP contribution in [-0.4, -0.2) is 18.8 Å². The van der Waals surface area contributed by atoms with Crippen LogP contribution < -0.4 is 9.47 Å². The van der Waals surface area contributed by atoms with Crippen LogP contribution in [0.5, 0.6) is 11.5 Å². The highest BCUT2D eigenvalue weighted by molar-refractivity contribution is 6.35. The van der Waals surface area contributed by atoms with Gasteiger partial charge in [0.05, 0.1) is 16.0 Å². The molecule has 0 bridgehead atoms. The summed E-state index contributed by atoms with van der Waals surface area (Å²) < 4.78 is 87.1. The summed E-state index contributed by atoms with van der Waals surface area (Å²) in [4.78, 5) is 12.9. The molecule has 0 saturated heterocycles. The third kappa shape index (κ3) is 5.93. The van der Waals surface area contributed by atoms with E-state index in [4.69, 9.17) is 21.1 Å². The third-order valence-electron chi connectivity index (χ3n) is 5.81. The van der Waals surface area contributed by atoms with Crippen molar-refractivity contribution < 1.29 is 40.6 Å². The lowest BCUT2D eigenvalue weighted by Gasteiger charge is -2.25. The van der Waals surface area contributed by atoms with Crippen molar-refractivity contribution >= 4 is 17.6 Å². The fourth-order valence-corrected chi connectivity index (χ4v) is 4.19. The first-order valence-electron chi connectivity index (χ1n) is 10.3. The molecule has 0 amide bonds. The summed E-state index contributed by atoms with van der Waals surface area (Å²) in [6, 6.07) is 6.30. The molecule has 180 valence electrons. The lowest BCUT2D eigenvalue weighted by molar-refractivity contribution is -0.153. The van der Waals surface area contributed by atoms with Gasteiger partial charge in [-0.15, -0.1) is 0 Å². The minimum Gasteiger partial charge on any atom is -0.482 e. The van der Waals surface area contributed by atoms with Crippen molar-refractivity contribution in [2.45, 2.75) is 51.4 Å². The van der Waals surface area contributed by atoms with Crippen molar-refractivity contribution in [3.8, 4) is 22.6 Å². The van der Waals surface area contributed by atoms with Gasteiger partial charge in [-0.2, -0.15) is 26.3 Å². The third-order valence-corrected chi connectivity index (χ3v) is 6.20. The Bertz CT molecular complexity index is 993. The van der Waals surface area contributed by atoms with Gasteiger partial charge < -0.3 is 9.47 Å². The molecular weight excluding hydrogens is 474 g/mol. The lowest BCUT2D eigenvalue weighted by atomic mass is 9.83. The molecule has 0 unspecified atom stereocenters. The van der Waals surface area contributed by atoms with Gasteiger partial charge in [-0.1, -0.05) is 43.5 Å². The number of carbonyl (C=O) groups excluding carboxylic acids is 1. The zero-order valence-electron chi connectivity index (χ0n) is 17.6. The predicted molar refractivity (Wildman–Crippen MR) is 110 cm³/mol. The van der Waals surface area contributed by atoms with E-state index in [1.807, 2.05) is 6.92 Å². The highest BCUT2D eigenvalue weighted by Gasteiger charge is 2.41. The molecule has 0 spiro atoms. The normalized spacial score (nSPS) is 16.0. The smallest absolute Gasteiger partial charge is 0.422 e. The Kier molecular flexibility index (Phi) is 7.21. The molecule has 2 aromatic carbocycles. The maximum atomic E-state index is 12.9. The number of rotatable bonds is 6.